The second-order valence-corrected chi connectivity index (χ2v) is 9.66. The number of rotatable bonds is 6. The first-order valence-electron chi connectivity index (χ1n) is 11.5. The molecule has 1 saturated carbocycles. The minimum absolute atomic E-state index is 0.0211. The lowest BCUT2D eigenvalue weighted by Crippen LogP contribution is -2.60. The van der Waals surface area contributed by atoms with Gasteiger partial charge in [-0.2, -0.15) is 13.2 Å². The summed E-state index contributed by atoms with van der Waals surface area (Å²) in [6.45, 7) is 0. The molecule has 9 heteroatoms. The van der Waals surface area contributed by atoms with Crippen LogP contribution in [-0.2, 0) is 18.1 Å². The van der Waals surface area contributed by atoms with Crippen molar-refractivity contribution in [1.82, 2.24) is 15.6 Å². The van der Waals surface area contributed by atoms with Crippen LogP contribution in [0, 0.1) is 17.7 Å². The van der Waals surface area contributed by atoms with E-state index in [9.17, 15) is 22.4 Å². The van der Waals surface area contributed by atoms with Crippen LogP contribution < -0.4 is 10.6 Å². The molecule has 0 aliphatic heterocycles. The fraction of sp³-hybridized carbons (Fsp3) is 0.259. The number of nitrogens with one attached hydrogen (secondary N) is 2. The normalized spacial score (nSPS) is 22.0. The zero-order valence-electron chi connectivity index (χ0n) is 18.9. The lowest BCUT2D eigenvalue weighted by molar-refractivity contribution is -0.137. The van der Waals surface area contributed by atoms with Crippen LogP contribution in [0.1, 0.15) is 28.8 Å². The SMILES string of the molecule is O=C(N[C@@H]1CC2C=CC21)N[C@@](Cc1ccccc1)(c1cc(F)cc(C(F)(F)F)c1)c1ccc(Cl)cn1. The van der Waals surface area contributed by atoms with Crippen LogP contribution >= 0.6 is 11.6 Å². The fourth-order valence-electron chi connectivity index (χ4n) is 4.92. The minimum Gasteiger partial charge on any atom is -0.335 e. The van der Waals surface area contributed by atoms with E-state index in [1.54, 1.807) is 30.3 Å². The van der Waals surface area contributed by atoms with Gasteiger partial charge in [-0.3, -0.25) is 4.98 Å². The van der Waals surface area contributed by atoms with Gasteiger partial charge in [0.1, 0.15) is 11.4 Å². The maximum atomic E-state index is 14.6. The molecule has 0 saturated heterocycles. The average molecular weight is 516 g/mol. The first-order chi connectivity index (χ1) is 17.1. The summed E-state index contributed by atoms with van der Waals surface area (Å²) in [6.07, 6.45) is 1.48. The van der Waals surface area contributed by atoms with Gasteiger partial charge in [-0.25, -0.2) is 9.18 Å². The first-order valence-corrected chi connectivity index (χ1v) is 11.8. The molecule has 2 amide bonds. The van der Waals surface area contributed by atoms with Gasteiger partial charge in [0.25, 0.3) is 0 Å². The molecule has 0 radical (unpaired) electrons. The van der Waals surface area contributed by atoms with Gasteiger partial charge >= 0.3 is 12.2 Å². The molecule has 0 bridgehead atoms. The molecule has 2 aromatic carbocycles. The third kappa shape index (κ3) is 4.69. The number of hydrogen-bond donors (Lipinski definition) is 2. The van der Waals surface area contributed by atoms with E-state index in [0.717, 1.165) is 18.6 Å². The zero-order valence-corrected chi connectivity index (χ0v) is 19.7. The maximum Gasteiger partial charge on any atom is 0.416 e. The van der Waals surface area contributed by atoms with Crippen molar-refractivity contribution in [2.45, 2.75) is 30.6 Å². The molecule has 3 aromatic rings. The Bertz CT molecular complexity index is 1300. The molecule has 2 aliphatic carbocycles. The van der Waals surface area contributed by atoms with Crippen molar-refractivity contribution in [3.63, 3.8) is 0 Å². The van der Waals surface area contributed by atoms with E-state index in [1.165, 1.54) is 18.3 Å². The molecule has 1 heterocycles. The van der Waals surface area contributed by atoms with Gasteiger partial charge in [-0.1, -0.05) is 54.1 Å². The molecule has 186 valence electrons. The Labute approximate surface area is 210 Å². The van der Waals surface area contributed by atoms with Crippen LogP contribution in [0.25, 0.3) is 0 Å². The average Bonchev–Trinajstić information content (AvgIpc) is 2.81. The number of hydrogen-bond acceptors (Lipinski definition) is 2. The number of halogens is 5. The molecule has 5 rings (SSSR count). The Balaban J connectivity index is 1.63. The number of alkyl halides is 3. The number of amides is 2. The summed E-state index contributed by atoms with van der Waals surface area (Å²) in [6, 6.07) is 13.6. The predicted molar refractivity (Wildman–Crippen MR) is 128 cm³/mol. The Morgan fingerprint density at radius 3 is 2.36 bits per heavy atom. The summed E-state index contributed by atoms with van der Waals surface area (Å²) < 4.78 is 55.7. The number of nitrogens with zero attached hydrogens (tertiary/aromatic N) is 1. The van der Waals surface area contributed by atoms with Crippen LogP contribution in [0.4, 0.5) is 22.4 Å². The molecule has 2 N–H and O–H groups in total. The summed E-state index contributed by atoms with van der Waals surface area (Å²) in [5, 5.41) is 6.12. The van der Waals surface area contributed by atoms with Crippen molar-refractivity contribution >= 4 is 17.6 Å². The first kappa shape index (κ1) is 24.3. The molecule has 2 unspecified atom stereocenters. The van der Waals surface area contributed by atoms with E-state index in [1.807, 2.05) is 6.08 Å². The number of carbonyl (C=O) groups excluding carboxylic acids is 1. The Kier molecular flexibility index (Phi) is 6.24. The molecule has 0 spiro atoms. The molecule has 1 fully saturated rings. The second-order valence-electron chi connectivity index (χ2n) is 9.22. The highest BCUT2D eigenvalue weighted by Gasteiger charge is 2.45. The monoisotopic (exact) mass is 515 g/mol. The van der Waals surface area contributed by atoms with E-state index in [-0.39, 0.29) is 29.6 Å². The largest absolute Gasteiger partial charge is 0.416 e. The molecule has 1 aromatic heterocycles. The number of aromatic nitrogens is 1. The van der Waals surface area contributed by atoms with Crippen molar-refractivity contribution in [1.29, 1.82) is 0 Å². The van der Waals surface area contributed by atoms with E-state index in [2.05, 4.69) is 21.7 Å². The van der Waals surface area contributed by atoms with Gasteiger partial charge in [0.05, 0.1) is 16.3 Å². The molecular weight excluding hydrogens is 494 g/mol. The van der Waals surface area contributed by atoms with Crippen LogP contribution in [0.15, 0.2) is 79.0 Å². The molecule has 2 aliphatic rings. The number of allylic oxidation sites excluding steroid dienone is 1. The van der Waals surface area contributed by atoms with E-state index >= 15 is 0 Å². The Hall–Kier alpha value is -3.39. The summed E-state index contributed by atoms with van der Waals surface area (Å²) in [7, 11) is 0. The van der Waals surface area contributed by atoms with Gasteiger partial charge in [0.2, 0.25) is 0 Å². The van der Waals surface area contributed by atoms with Crippen molar-refractivity contribution in [2.75, 3.05) is 0 Å². The minimum atomic E-state index is -4.79. The van der Waals surface area contributed by atoms with Gasteiger partial charge in [0.15, 0.2) is 0 Å². The fourth-order valence-corrected chi connectivity index (χ4v) is 5.04. The number of urea groups is 1. The lowest BCUT2D eigenvalue weighted by Gasteiger charge is -2.48. The van der Waals surface area contributed by atoms with Crippen molar-refractivity contribution < 1.29 is 22.4 Å². The smallest absolute Gasteiger partial charge is 0.335 e. The number of benzene rings is 2. The van der Waals surface area contributed by atoms with Crippen LogP contribution in [0.3, 0.4) is 0 Å². The predicted octanol–water partition coefficient (Wildman–Crippen LogP) is 6.25. The Morgan fingerprint density at radius 2 is 1.78 bits per heavy atom. The van der Waals surface area contributed by atoms with E-state index < -0.39 is 29.1 Å². The standard InChI is InChI=1S/C27H22ClF4N3O/c28-20-7-9-24(33-15-20)26(14-16-4-2-1-3-5-16,18-11-19(27(30,31)32)13-21(29)12-18)35-25(36)34-23-10-17-6-8-22(17)23/h1-9,11-13,15,17,22-23H,10,14H2,(H2,34,35,36)/t17?,22?,23-,26+/m1/s1. The zero-order chi connectivity index (χ0) is 25.5. The highest BCUT2D eigenvalue weighted by molar-refractivity contribution is 6.30. The highest BCUT2D eigenvalue weighted by Crippen LogP contribution is 2.44. The third-order valence-corrected chi connectivity index (χ3v) is 7.13. The maximum absolute atomic E-state index is 14.6. The molecule has 4 nitrogen and oxygen atoms in total. The number of fused-ring (bicyclic) bond motifs is 1. The number of carbonyl (C=O) groups is 1. The topological polar surface area (TPSA) is 54.0 Å². The van der Waals surface area contributed by atoms with Crippen molar-refractivity contribution in [3.05, 3.63) is 112 Å². The van der Waals surface area contributed by atoms with Crippen LogP contribution in [-0.4, -0.2) is 17.1 Å². The van der Waals surface area contributed by atoms with Crippen LogP contribution in [0.2, 0.25) is 5.02 Å². The molecule has 4 atom stereocenters. The quantitative estimate of drug-likeness (QED) is 0.301. The molecule has 36 heavy (non-hydrogen) atoms. The molecular formula is C27H22ClF4N3O. The van der Waals surface area contributed by atoms with Gasteiger partial charge in [0, 0.05) is 24.6 Å². The summed E-state index contributed by atoms with van der Waals surface area (Å²) in [5.74, 6) is -0.381. The van der Waals surface area contributed by atoms with E-state index in [4.69, 9.17) is 11.6 Å². The summed E-state index contributed by atoms with van der Waals surface area (Å²) >= 11 is 6.04. The summed E-state index contributed by atoms with van der Waals surface area (Å²) in [5.41, 5.74) is -1.94. The van der Waals surface area contributed by atoms with Crippen molar-refractivity contribution in [3.8, 4) is 0 Å². The summed E-state index contributed by atoms with van der Waals surface area (Å²) in [4.78, 5) is 17.7. The lowest BCUT2D eigenvalue weighted by atomic mass is 9.62. The highest BCUT2D eigenvalue weighted by atomic mass is 35.5. The van der Waals surface area contributed by atoms with Gasteiger partial charge in [-0.05, 0) is 53.8 Å². The number of pyridine rings is 1. The van der Waals surface area contributed by atoms with Crippen LogP contribution in [0.5, 0.6) is 0 Å². The second kappa shape index (κ2) is 9.24. The van der Waals surface area contributed by atoms with Gasteiger partial charge in [-0.15, -0.1) is 0 Å². The van der Waals surface area contributed by atoms with E-state index in [0.29, 0.717) is 22.6 Å². The third-order valence-electron chi connectivity index (χ3n) is 6.90. The van der Waals surface area contributed by atoms with Gasteiger partial charge < -0.3 is 10.6 Å². The Morgan fingerprint density at radius 1 is 1.03 bits per heavy atom. The van der Waals surface area contributed by atoms with Crippen molar-refractivity contribution in [2.24, 2.45) is 11.8 Å².